The number of allylic oxidation sites excluding steroid dienone is 1. The molecule has 3 aliphatic rings. The average molecular weight is 686 g/mol. The lowest BCUT2D eigenvalue weighted by Gasteiger charge is -2.22. The number of esters is 1. The molecule has 2 N–H and O–H groups in total. The maximum atomic E-state index is 13.5. The third-order valence-corrected chi connectivity index (χ3v) is 11.3. The van der Waals surface area contributed by atoms with Crippen LogP contribution < -0.4 is 4.57 Å². The van der Waals surface area contributed by atoms with E-state index in [1.165, 1.54) is 22.3 Å². The molecule has 0 saturated heterocycles. The Morgan fingerprint density at radius 2 is 1.61 bits per heavy atom. The predicted molar refractivity (Wildman–Crippen MR) is 201 cm³/mol. The van der Waals surface area contributed by atoms with E-state index in [-0.39, 0.29) is 30.3 Å². The summed E-state index contributed by atoms with van der Waals surface area (Å²) in [6.45, 7) is 14.5. The molecule has 0 aromatic carbocycles. The van der Waals surface area contributed by atoms with Gasteiger partial charge in [-0.2, -0.15) is 0 Å². The summed E-state index contributed by atoms with van der Waals surface area (Å²) >= 11 is 0. The van der Waals surface area contributed by atoms with Crippen molar-refractivity contribution in [1.29, 1.82) is 0 Å². The molecular weight excluding hydrogens is 637 g/mol. The number of aromatic amines is 2. The number of fused-ring (bicyclic) bond motifs is 8. The first-order valence-electron chi connectivity index (χ1n) is 18.4. The van der Waals surface area contributed by atoms with E-state index in [1.807, 2.05) is 37.1 Å². The Bertz CT molecular complexity index is 2230. The molecule has 264 valence electrons. The van der Waals surface area contributed by atoms with Crippen LogP contribution in [0.25, 0.3) is 33.2 Å². The van der Waals surface area contributed by atoms with E-state index in [2.05, 4.69) is 79.7 Å². The first-order valence-corrected chi connectivity index (χ1v) is 18.4. The van der Waals surface area contributed by atoms with Crippen LogP contribution in [0.15, 0.2) is 48.8 Å². The van der Waals surface area contributed by atoms with Crippen molar-refractivity contribution in [1.82, 2.24) is 24.8 Å². The molecule has 0 unspecified atom stereocenters. The van der Waals surface area contributed by atoms with Crippen molar-refractivity contribution in [3.8, 4) is 0 Å². The SMILES string of the molecule is CCc1c(C)c2cc3[nH]c(cc4nc(c5c6nc(cc1[nH]2)C(C)=C6C(=O)OC5)[C@@H](CCC(=O)N(C)CCC[n+]1ccccc1)[C@@H]4C)c(C)c3CC. The van der Waals surface area contributed by atoms with Gasteiger partial charge in [-0.1, -0.05) is 26.8 Å². The van der Waals surface area contributed by atoms with Crippen LogP contribution >= 0.6 is 0 Å². The molecule has 0 radical (unpaired) electrons. The van der Waals surface area contributed by atoms with E-state index in [4.69, 9.17) is 14.7 Å². The maximum Gasteiger partial charge on any atom is 0.341 e. The molecule has 0 fully saturated rings. The molecule has 8 bridgehead atoms. The summed E-state index contributed by atoms with van der Waals surface area (Å²) in [7, 11) is 1.89. The van der Waals surface area contributed by atoms with Gasteiger partial charge in [0.1, 0.15) is 13.2 Å². The van der Waals surface area contributed by atoms with Crippen LogP contribution in [0.1, 0.15) is 109 Å². The number of H-pyrrole nitrogens is 2. The Balaban J connectivity index is 1.34. The summed E-state index contributed by atoms with van der Waals surface area (Å²) < 4.78 is 7.98. The zero-order valence-electron chi connectivity index (χ0n) is 30.9. The van der Waals surface area contributed by atoms with Crippen molar-refractivity contribution < 1.29 is 18.9 Å². The summed E-state index contributed by atoms with van der Waals surface area (Å²) in [4.78, 5) is 46.5. The van der Waals surface area contributed by atoms with Crippen molar-refractivity contribution >= 4 is 45.1 Å². The zero-order chi connectivity index (χ0) is 36.0. The number of carbonyl (C=O) groups excluding carboxylic acids is 2. The van der Waals surface area contributed by atoms with Gasteiger partial charge in [0.2, 0.25) is 5.91 Å². The number of hydrogen-bond donors (Lipinski definition) is 2. The zero-order valence-corrected chi connectivity index (χ0v) is 30.9. The van der Waals surface area contributed by atoms with Gasteiger partial charge in [-0.3, -0.25) is 9.78 Å². The number of hydrogen-bond acceptors (Lipinski definition) is 5. The lowest BCUT2D eigenvalue weighted by atomic mass is 9.84. The van der Waals surface area contributed by atoms with Gasteiger partial charge in [-0.05, 0) is 86.1 Å². The van der Waals surface area contributed by atoms with Crippen LogP contribution in [-0.2, 0) is 40.3 Å². The first-order chi connectivity index (χ1) is 24.6. The van der Waals surface area contributed by atoms with Crippen molar-refractivity contribution in [3.63, 3.8) is 0 Å². The largest absolute Gasteiger partial charge is 0.457 e. The first kappa shape index (κ1) is 34.4. The van der Waals surface area contributed by atoms with E-state index in [0.29, 0.717) is 30.7 Å². The van der Waals surface area contributed by atoms with Crippen LogP contribution in [0, 0.1) is 13.8 Å². The number of rotatable bonds is 9. The number of aryl methyl sites for hydroxylation is 5. The fraction of sp³-hybridized carbons (Fsp3) is 0.405. The Morgan fingerprint density at radius 3 is 2.29 bits per heavy atom. The highest BCUT2D eigenvalue weighted by Crippen LogP contribution is 2.45. The van der Waals surface area contributed by atoms with E-state index in [0.717, 1.165) is 76.1 Å². The van der Waals surface area contributed by atoms with E-state index >= 15 is 0 Å². The van der Waals surface area contributed by atoms with Gasteiger partial charge in [-0.25, -0.2) is 14.3 Å². The van der Waals surface area contributed by atoms with Gasteiger partial charge in [-0.15, -0.1) is 0 Å². The van der Waals surface area contributed by atoms with Crippen LogP contribution in [0.4, 0.5) is 0 Å². The highest BCUT2D eigenvalue weighted by molar-refractivity contribution is 6.26. The number of pyridine rings is 1. The van der Waals surface area contributed by atoms with Crippen molar-refractivity contribution in [3.05, 3.63) is 99.4 Å². The molecule has 7 rings (SSSR count). The van der Waals surface area contributed by atoms with Crippen molar-refractivity contribution in [2.24, 2.45) is 0 Å². The molecule has 3 aliphatic heterocycles. The summed E-state index contributed by atoms with van der Waals surface area (Å²) in [5.74, 6) is -0.232. The molecule has 4 aromatic rings. The van der Waals surface area contributed by atoms with E-state index in [9.17, 15) is 9.59 Å². The molecule has 9 heteroatoms. The number of cyclic esters (lactones) is 1. The fourth-order valence-electron chi connectivity index (χ4n) is 8.16. The maximum absolute atomic E-state index is 13.5. The molecule has 51 heavy (non-hydrogen) atoms. The Morgan fingerprint density at radius 1 is 0.941 bits per heavy atom. The average Bonchev–Trinajstić information content (AvgIpc) is 3.81. The van der Waals surface area contributed by atoms with Crippen LogP contribution in [0.2, 0.25) is 0 Å². The minimum atomic E-state index is -0.352. The van der Waals surface area contributed by atoms with Gasteiger partial charge in [0, 0.05) is 83.7 Å². The molecule has 2 atom stereocenters. The number of ether oxygens (including phenoxy) is 1. The minimum Gasteiger partial charge on any atom is -0.457 e. The second kappa shape index (κ2) is 13.9. The Hall–Kier alpha value is -5.05. The molecule has 0 spiro atoms. The van der Waals surface area contributed by atoms with Gasteiger partial charge >= 0.3 is 5.97 Å². The van der Waals surface area contributed by atoms with Gasteiger partial charge < -0.3 is 19.6 Å². The van der Waals surface area contributed by atoms with Gasteiger partial charge in [0.25, 0.3) is 0 Å². The number of amides is 1. The lowest BCUT2D eigenvalue weighted by Crippen LogP contribution is -2.35. The second-order valence-corrected chi connectivity index (χ2v) is 14.3. The van der Waals surface area contributed by atoms with E-state index < -0.39 is 0 Å². The van der Waals surface area contributed by atoms with Crippen LogP contribution in [0.5, 0.6) is 0 Å². The van der Waals surface area contributed by atoms with Crippen LogP contribution in [0.3, 0.4) is 0 Å². The Labute approximate surface area is 299 Å². The second-order valence-electron chi connectivity index (χ2n) is 14.3. The summed E-state index contributed by atoms with van der Waals surface area (Å²) in [5.41, 5.74) is 14.5. The smallest absolute Gasteiger partial charge is 0.341 e. The predicted octanol–water partition coefficient (Wildman–Crippen LogP) is 7.55. The minimum absolute atomic E-state index is 0.0408. The lowest BCUT2D eigenvalue weighted by molar-refractivity contribution is -0.697. The van der Waals surface area contributed by atoms with Gasteiger partial charge in [0.15, 0.2) is 12.4 Å². The highest BCUT2D eigenvalue weighted by atomic mass is 16.5. The number of aromatic nitrogens is 5. The fourth-order valence-corrected chi connectivity index (χ4v) is 8.16. The Kier molecular flexibility index (Phi) is 9.40. The molecular formula is C42H49N6O3+. The van der Waals surface area contributed by atoms with Gasteiger partial charge in [0.05, 0.1) is 22.7 Å². The molecule has 0 saturated carbocycles. The summed E-state index contributed by atoms with van der Waals surface area (Å²) in [5, 5.41) is 0. The third-order valence-electron chi connectivity index (χ3n) is 11.3. The van der Waals surface area contributed by atoms with Crippen LogP contribution in [-0.4, -0.2) is 50.3 Å². The van der Waals surface area contributed by atoms with Crippen molar-refractivity contribution in [2.75, 3.05) is 13.6 Å². The van der Waals surface area contributed by atoms with Crippen molar-refractivity contribution in [2.45, 2.75) is 98.6 Å². The summed E-state index contributed by atoms with van der Waals surface area (Å²) in [6.07, 6.45) is 7.77. The molecule has 0 aliphatic carbocycles. The number of nitrogens with zero attached hydrogens (tertiary/aromatic N) is 4. The quantitative estimate of drug-likeness (QED) is 0.140. The highest BCUT2D eigenvalue weighted by Gasteiger charge is 2.38. The topological polar surface area (TPSA) is 108 Å². The normalized spacial score (nSPS) is 16.8. The molecule has 1 amide bonds. The number of carbonyl (C=O) groups is 2. The molecule has 7 heterocycles. The molecule has 4 aromatic heterocycles. The third kappa shape index (κ3) is 6.28. The standard InChI is InChI=1S/C42H48N6O3/c1-8-28-24(3)32-20-34-26(5)30(14-15-38(49)47(7)16-13-19-48-17-11-10-12-18-48)40(45-34)31-23-51-42(50)39-27(6)35(46-41(31)39)22-37-29(9-2)25(4)33(44-37)21-36(28)43-32/h10-12,17-18,20-22,26,30H,8-9,13-16,19,23H2,1-7H3,(H-,43,44,45,46,50)/p+1/t26-,30-/m0/s1. The summed E-state index contributed by atoms with van der Waals surface area (Å²) in [6, 6.07) is 12.5. The monoisotopic (exact) mass is 685 g/mol. The van der Waals surface area contributed by atoms with E-state index in [1.54, 1.807) is 0 Å². The number of nitrogens with one attached hydrogen (secondary N) is 2. The molecule has 9 nitrogen and oxygen atoms in total.